The van der Waals surface area contributed by atoms with Crippen molar-refractivity contribution in [3.63, 3.8) is 0 Å². The summed E-state index contributed by atoms with van der Waals surface area (Å²) in [5, 5.41) is -0.491. The molecule has 98 valence electrons. The number of hydrogen-bond donors (Lipinski definition) is 0. The Kier molecular flexibility index (Phi) is 3.87. The van der Waals surface area contributed by atoms with Crippen LogP contribution in [0, 0.1) is 0 Å². The van der Waals surface area contributed by atoms with Gasteiger partial charge in [-0.05, 0) is 28.1 Å². The molecule has 1 aliphatic heterocycles. The van der Waals surface area contributed by atoms with E-state index in [4.69, 9.17) is 22.3 Å². The zero-order chi connectivity index (χ0) is 13.5. The second-order valence-corrected chi connectivity index (χ2v) is 7.81. The predicted octanol–water partition coefficient (Wildman–Crippen LogP) is 2.17. The van der Waals surface area contributed by atoms with Gasteiger partial charge in [-0.3, -0.25) is 9.69 Å². The monoisotopic (exact) mass is 372 g/mol. The quantitative estimate of drug-likeness (QED) is 0.588. The van der Waals surface area contributed by atoms with E-state index in [2.05, 4.69) is 20.9 Å². The lowest BCUT2D eigenvalue weighted by Crippen LogP contribution is -2.27. The molecule has 2 rings (SSSR count). The third-order valence-corrected chi connectivity index (χ3v) is 5.56. The lowest BCUT2D eigenvalue weighted by Gasteiger charge is -2.15. The van der Waals surface area contributed by atoms with E-state index in [-0.39, 0.29) is 18.9 Å². The summed E-state index contributed by atoms with van der Waals surface area (Å²) < 4.78 is 22.8. The van der Waals surface area contributed by atoms with E-state index in [1.165, 1.54) is 4.90 Å². The van der Waals surface area contributed by atoms with Gasteiger partial charge >= 0.3 is 0 Å². The van der Waals surface area contributed by atoms with Crippen molar-refractivity contribution in [1.82, 2.24) is 4.98 Å². The summed E-state index contributed by atoms with van der Waals surface area (Å²) in [6.07, 6.45) is -0.131. The minimum atomic E-state index is -3.75. The molecule has 1 aromatic heterocycles. The third-order valence-electron chi connectivity index (χ3n) is 2.55. The highest BCUT2D eigenvalue weighted by atomic mass is 79.9. The van der Waals surface area contributed by atoms with Crippen molar-refractivity contribution < 1.29 is 13.2 Å². The fraction of sp³-hybridized carbons (Fsp3) is 0.333. The van der Waals surface area contributed by atoms with Crippen LogP contribution in [0.5, 0.6) is 0 Å². The van der Waals surface area contributed by atoms with Gasteiger partial charge in [0.05, 0.1) is 5.02 Å². The Bertz CT molecular complexity index is 608. The molecular weight excluding hydrogens is 367 g/mol. The van der Waals surface area contributed by atoms with Gasteiger partial charge in [-0.1, -0.05) is 11.6 Å². The molecule has 1 fully saturated rings. The summed E-state index contributed by atoms with van der Waals surface area (Å²) in [4.78, 5) is 17.1. The van der Waals surface area contributed by atoms with Crippen molar-refractivity contribution in [2.45, 2.75) is 11.7 Å². The molecule has 0 spiro atoms. The van der Waals surface area contributed by atoms with E-state index in [0.29, 0.717) is 15.4 Å². The number of hydrogen-bond acceptors (Lipinski definition) is 4. The summed E-state index contributed by atoms with van der Waals surface area (Å²) in [7, 11) is 1.51. The molecule has 1 atom stereocenters. The summed E-state index contributed by atoms with van der Waals surface area (Å²) >= 11 is 8.94. The van der Waals surface area contributed by atoms with Crippen LogP contribution in [0.1, 0.15) is 6.42 Å². The van der Waals surface area contributed by atoms with Crippen LogP contribution in [0.25, 0.3) is 0 Å². The standard InChI is InChI=1S/C9H7BrCl2N2O3S/c10-9-6(11)1-2-7(13-9)14-4-5(3-8(14)15)18(12,16)17/h1-2,5H,3-4H2. The molecule has 0 radical (unpaired) electrons. The third kappa shape index (κ3) is 2.79. The Balaban J connectivity index is 2.30. The molecule has 18 heavy (non-hydrogen) atoms. The maximum absolute atomic E-state index is 11.7. The Morgan fingerprint density at radius 3 is 2.61 bits per heavy atom. The number of carbonyl (C=O) groups is 1. The van der Waals surface area contributed by atoms with E-state index in [0.717, 1.165) is 0 Å². The van der Waals surface area contributed by atoms with Gasteiger partial charge in [0, 0.05) is 23.6 Å². The van der Waals surface area contributed by atoms with Crippen molar-refractivity contribution in [1.29, 1.82) is 0 Å². The van der Waals surface area contributed by atoms with Crippen molar-refractivity contribution in [3.8, 4) is 0 Å². The number of anilines is 1. The Morgan fingerprint density at radius 2 is 2.11 bits per heavy atom. The second-order valence-electron chi connectivity index (χ2n) is 3.75. The van der Waals surface area contributed by atoms with Crippen LogP contribution in [-0.4, -0.2) is 31.1 Å². The Hall–Kier alpha value is -0.370. The summed E-state index contributed by atoms with van der Waals surface area (Å²) in [6.45, 7) is 0.00569. The normalized spacial score (nSPS) is 20.5. The molecule has 5 nitrogen and oxygen atoms in total. The molecular formula is C9H7BrCl2N2O3S. The first-order valence-corrected chi connectivity index (χ1v) is 8.39. The SMILES string of the molecule is O=C1CC(S(=O)(=O)Cl)CN1c1ccc(Cl)c(Br)n1. The van der Waals surface area contributed by atoms with Crippen LogP contribution in [0.15, 0.2) is 16.7 Å². The van der Waals surface area contributed by atoms with E-state index in [1.54, 1.807) is 12.1 Å². The zero-order valence-corrected chi connectivity index (χ0v) is 12.7. The zero-order valence-electron chi connectivity index (χ0n) is 8.81. The minimum Gasteiger partial charge on any atom is -0.295 e. The van der Waals surface area contributed by atoms with Crippen LogP contribution in [0.2, 0.25) is 5.02 Å². The molecule has 1 aliphatic rings. The first-order valence-electron chi connectivity index (χ1n) is 4.85. The van der Waals surface area contributed by atoms with E-state index in [1.807, 2.05) is 0 Å². The molecule has 1 saturated heterocycles. The fourth-order valence-corrected chi connectivity index (χ4v) is 3.09. The van der Waals surface area contributed by atoms with Gasteiger partial charge in [-0.2, -0.15) is 0 Å². The largest absolute Gasteiger partial charge is 0.295 e. The van der Waals surface area contributed by atoms with Gasteiger partial charge in [0.15, 0.2) is 0 Å². The number of nitrogens with zero attached hydrogens (tertiary/aromatic N) is 2. The van der Waals surface area contributed by atoms with Gasteiger partial charge < -0.3 is 0 Å². The number of amides is 1. The van der Waals surface area contributed by atoms with Crippen LogP contribution in [0.4, 0.5) is 5.82 Å². The number of pyridine rings is 1. The highest BCUT2D eigenvalue weighted by molar-refractivity contribution is 9.10. The number of aromatic nitrogens is 1. The number of halogens is 3. The summed E-state index contributed by atoms with van der Waals surface area (Å²) in [5.41, 5.74) is 0. The molecule has 0 N–H and O–H groups in total. The molecule has 1 aromatic rings. The minimum absolute atomic E-state index is 0.00569. The molecule has 0 saturated carbocycles. The first-order chi connectivity index (χ1) is 8.29. The maximum atomic E-state index is 11.7. The number of rotatable bonds is 2. The van der Waals surface area contributed by atoms with Crippen LogP contribution >= 0.6 is 38.2 Å². The van der Waals surface area contributed by atoms with Crippen molar-refractivity contribution in [2.75, 3.05) is 11.4 Å². The van der Waals surface area contributed by atoms with Crippen LogP contribution in [-0.2, 0) is 13.8 Å². The average Bonchev–Trinajstić information content (AvgIpc) is 2.64. The van der Waals surface area contributed by atoms with E-state index in [9.17, 15) is 13.2 Å². The highest BCUT2D eigenvalue weighted by Crippen LogP contribution is 2.28. The van der Waals surface area contributed by atoms with Gasteiger partial charge in [0.2, 0.25) is 15.0 Å². The van der Waals surface area contributed by atoms with Gasteiger partial charge in [0.1, 0.15) is 15.7 Å². The molecule has 9 heteroatoms. The molecule has 0 aromatic carbocycles. The van der Waals surface area contributed by atoms with Gasteiger partial charge in [-0.15, -0.1) is 0 Å². The molecule has 0 bridgehead atoms. The van der Waals surface area contributed by atoms with Crippen LogP contribution in [0.3, 0.4) is 0 Å². The maximum Gasteiger partial charge on any atom is 0.237 e. The number of carbonyl (C=O) groups excluding carboxylic acids is 1. The Morgan fingerprint density at radius 1 is 1.44 bits per heavy atom. The Labute approximate surface area is 122 Å². The lowest BCUT2D eigenvalue weighted by atomic mass is 10.4. The lowest BCUT2D eigenvalue weighted by molar-refractivity contribution is -0.117. The summed E-state index contributed by atoms with van der Waals surface area (Å²) in [6, 6.07) is 3.12. The van der Waals surface area contributed by atoms with E-state index < -0.39 is 14.3 Å². The van der Waals surface area contributed by atoms with Gasteiger partial charge in [0.25, 0.3) is 0 Å². The van der Waals surface area contributed by atoms with Crippen molar-refractivity contribution in [3.05, 3.63) is 21.8 Å². The fourth-order valence-electron chi connectivity index (χ4n) is 1.64. The molecule has 1 amide bonds. The highest BCUT2D eigenvalue weighted by Gasteiger charge is 2.38. The topological polar surface area (TPSA) is 67.3 Å². The molecule has 2 heterocycles. The summed E-state index contributed by atoms with van der Waals surface area (Å²) in [5.74, 6) is 0.0186. The van der Waals surface area contributed by atoms with Gasteiger partial charge in [-0.25, -0.2) is 13.4 Å². The van der Waals surface area contributed by atoms with Crippen molar-refractivity contribution in [2.24, 2.45) is 0 Å². The molecule has 1 unspecified atom stereocenters. The molecule has 0 aliphatic carbocycles. The first kappa shape index (κ1) is 14.0. The second kappa shape index (κ2) is 4.96. The van der Waals surface area contributed by atoms with E-state index >= 15 is 0 Å². The smallest absolute Gasteiger partial charge is 0.237 e. The van der Waals surface area contributed by atoms with Crippen molar-refractivity contribution >= 4 is 59.0 Å². The van der Waals surface area contributed by atoms with Crippen LogP contribution < -0.4 is 4.90 Å². The predicted molar refractivity (Wildman–Crippen MR) is 72.5 cm³/mol. The average molecular weight is 374 g/mol.